The van der Waals surface area contributed by atoms with Crippen LogP contribution >= 0.6 is 0 Å². The molecule has 156 valence electrons. The minimum absolute atomic E-state index is 0.0702. The fraction of sp³-hybridized carbons (Fsp3) is 0.952. The first-order valence-corrected chi connectivity index (χ1v) is 10.2. The van der Waals surface area contributed by atoms with E-state index in [4.69, 9.17) is 4.74 Å². The molecule has 3 aliphatic heterocycles. The quantitative estimate of drug-likeness (QED) is 0.651. The normalized spacial score (nSPS) is 36.7. The van der Waals surface area contributed by atoms with Gasteiger partial charge in [0, 0.05) is 41.0 Å². The maximum Gasteiger partial charge on any atom is 0.413 e. The topological polar surface area (TPSA) is 73.8 Å². The smallest absolute Gasteiger partial charge is 0.413 e. The molecule has 0 radical (unpaired) electrons. The Balaban J connectivity index is 1.99. The van der Waals surface area contributed by atoms with E-state index in [1.165, 1.54) is 0 Å². The second kappa shape index (κ2) is 5.61. The molecule has 1 amide bonds. The zero-order chi connectivity index (χ0) is 20.7. The van der Waals surface area contributed by atoms with Gasteiger partial charge in [-0.3, -0.25) is 4.90 Å². The van der Waals surface area contributed by atoms with Crippen molar-refractivity contribution in [2.45, 2.75) is 128 Å². The van der Waals surface area contributed by atoms with Gasteiger partial charge in [0.1, 0.15) is 0 Å². The van der Waals surface area contributed by atoms with Gasteiger partial charge in [-0.2, -0.15) is 0 Å². The summed E-state index contributed by atoms with van der Waals surface area (Å²) in [6.45, 7) is 18.8. The highest BCUT2D eigenvalue weighted by atomic mass is 16.6. The Morgan fingerprint density at radius 3 is 1.70 bits per heavy atom. The van der Waals surface area contributed by atoms with Crippen LogP contribution in [0.4, 0.5) is 4.79 Å². The van der Waals surface area contributed by atoms with Gasteiger partial charge in [0.15, 0.2) is 11.3 Å². The lowest BCUT2D eigenvalue weighted by molar-refractivity contribution is -0.190. The molecule has 3 heterocycles. The van der Waals surface area contributed by atoms with Crippen LogP contribution in [0.5, 0.6) is 0 Å². The molecule has 0 unspecified atom stereocenters. The van der Waals surface area contributed by atoms with Gasteiger partial charge in [-0.15, -0.1) is 0 Å². The van der Waals surface area contributed by atoms with Gasteiger partial charge in [0.2, 0.25) is 0 Å². The molecule has 3 fully saturated rings. The molecule has 6 heteroatoms. The Morgan fingerprint density at radius 2 is 1.26 bits per heavy atom. The molecule has 0 bridgehead atoms. The fourth-order valence-corrected chi connectivity index (χ4v) is 6.57. The SMILES string of the molecule is CC1(C)CC(N2C(=O)OC3(CC(C)(C)NC(C)(C)C3)[C@]2(C)O)CC(C)(C)N1. The summed E-state index contributed by atoms with van der Waals surface area (Å²) in [6.07, 6.45) is 2.34. The molecule has 0 aromatic carbocycles. The lowest BCUT2D eigenvalue weighted by atomic mass is 9.68. The largest absolute Gasteiger partial charge is 0.437 e. The van der Waals surface area contributed by atoms with Gasteiger partial charge in [-0.25, -0.2) is 4.79 Å². The van der Waals surface area contributed by atoms with E-state index in [9.17, 15) is 9.90 Å². The Labute approximate surface area is 164 Å². The van der Waals surface area contributed by atoms with Crippen molar-refractivity contribution in [3.8, 4) is 0 Å². The number of nitrogens with one attached hydrogen (secondary N) is 2. The third-order valence-electron chi connectivity index (χ3n) is 6.48. The van der Waals surface area contributed by atoms with Crippen molar-refractivity contribution in [3.63, 3.8) is 0 Å². The fourth-order valence-electron chi connectivity index (χ4n) is 6.57. The van der Waals surface area contributed by atoms with Crippen molar-refractivity contribution in [3.05, 3.63) is 0 Å². The van der Waals surface area contributed by atoms with E-state index >= 15 is 0 Å². The van der Waals surface area contributed by atoms with Gasteiger partial charge >= 0.3 is 6.09 Å². The number of hydrogen-bond donors (Lipinski definition) is 3. The molecule has 0 saturated carbocycles. The van der Waals surface area contributed by atoms with E-state index in [0.29, 0.717) is 12.8 Å². The predicted molar refractivity (Wildman–Crippen MR) is 107 cm³/mol. The number of aliphatic hydroxyl groups is 1. The van der Waals surface area contributed by atoms with Gasteiger partial charge < -0.3 is 20.5 Å². The van der Waals surface area contributed by atoms with Crippen molar-refractivity contribution < 1.29 is 14.6 Å². The van der Waals surface area contributed by atoms with Crippen LogP contribution in [0.15, 0.2) is 0 Å². The maximum absolute atomic E-state index is 13.1. The summed E-state index contributed by atoms with van der Waals surface area (Å²) < 4.78 is 6.06. The molecule has 3 aliphatic rings. The second-order valence-corrected chi connectivity index (χ2v) is 12.0. The molecular formula is C21H39N3O3. The number of ether oxygens (including phenoxy) is 1. The first-order valence-electron chi connectivity index (χ1n) is 10.2. The molecule has 3 saturated heterocycles. The van der Waals surface area contributed by atoms with E-state index in [-0.39, 0.29) is 34.3 Å². The molecule has 0 aliphatic carbocycles. The predicted octanol–water partition coefficient (Wildman–Crippen LogP) is 3.14. The highest BCUT2D eigenvalue weighted by Crippen LogP contribution is 2.52. The Kier molecular flexibility index (Phi) is 4.33. The lowest BCUT2D eigenvalue weighted by Gasteiger charge is -2.55. The Bertz CT molecular complexity index is 605. The summed E-state index contributed by atoms with van der Waals surface area (Å²) in [5.74, 6) is 0. The van der Waals surface area contributed by atoms with Crippen molar-refractivity contribution in [1.82, 2.24) is 15.5 Å². The summed E-state index contributed by atoms with van der Waals surface area (Å²) in [7, 11) is 0. The summed E-state index contributed by atoms with van der Waals surface area (Å²) in [5.41, 5.74) is -2.99. The minimum Gasteiger partial charge on any atom is -0.437 e. The van der Waals surface area contributed by atoms with Crippen LogP contribution in [0.3, 0.4) is 0 Å². The number of hydrogen-bond acceptors (Lipinski definition) is 5. The molecule has 1 spiro atoms. The molecule has 27 heavy (non-hydrogen) atoms. The highest BCUT2D eigenvalue weighted by Gasteiger charge is 2.68. The highest BCUT2D eigenvalue weighted by molar-refractivity contribution is 5.73. The van der Waals surface area contributed by atoms with E-state index in [0.717, 1.165) is 12.8 Å². The standard InChI is InChI=1S/C21H39N3O3/c1-16(2)10-14(11-17(3,4)22-16)24-15(25)27-21(20(24,9)26)12-18(5,6)23-19(7,8)13-21/h14,22-23,26H,10-13H2,1-9H3/t20-/m0/s1. The number of nitrogens with zero attached hydrogens (tertiary/aromatic N) is 1. The molecule has 1 atom stereocenters. The number of carbonyl (C=O) groups is 1. The third-order valence-corrected chi connectivity index (χ3v) is 6.48. The van der Waals surface area contributed by atoms with E-state index in [1.807, 2.05) is 0 Å². The molecule has 3 rings (SSSR count). The summed E-state index contributed by atoms with van der Waals surface area (Å²) in [4.78, 5) is 14.8. The summed E-state index contributed by atoms with van der Waals surface area (Å²) in [6, 6.07) is -0.0702. The van der Waals surface area contributed by atoms with Crippen molar-refractivity contribution in [2.24, 2.45) is 0 Å². The molecule has 3 N–H and O–H groups in total. The van der Waals surface area contributed by atoms with Crippen LogP contribution in [0.25, 0.3) is 0 Å². The van der Waals surface area contributed by atoms with Crippen molar-refractivity contribution in [1.29, 1.82) is 0 Å². The monoisotopic (exact) mass is 381 g/mol. The molecular weight excluding hydrogens is 342 g/mol. The van der Waals surface area contributed by atoms with Crippen LogP contribution in [0.1, 0.15) is 88.0 Å². The van der Waals surface area contributed by atoms with Crippen LogP contribution < -0.4 is 10.6 Å². The van der Waals surface area contributed by atoms with Crippen LogP contribution in [-0.2, 0) is 4.74 Å². The zero-order valence-electron chi connectivity index (χ0n) is 18.6. The number of carbonyl (C=O) groups excluding carboxylic acids is 1. The second-order valence-electron chi connectivity index (χ2n) is 12.0. The molecule has 0 aromatic heterocycles. The lowest BCUT2D eigenvalue weighted by Crippen LogP contribution is -2.72. The van der Waals surface area contributed by atoms with Gasteiger partial charge in [0.05, 0.1) is 0 Å². The average molecular weight is 382 g/mol. The zero-order valence-corrected chi connectivity index (χ0v) is 18.6. The number of amides is 1. The van der Waals surface area contributed by atoms with Gasteiger partial charge in [-0.05, 0) is 75.2 Å². The maximum atomic E-state index is 13.1. The van der Waals surface area contributed by atoms with Gasteiger partial charge in [0.25, 0.3) is 0 Å². The van der Waals surface area contributed by atoms with Crippen LogP contribution in [0.2, 0.25) is 0 Å². The number of rotatable bonds is 1. The number of piperidine rings is 2. The molecule has 6 nitrogen and oxygen atoms in total. The average Bonchev–Trinajstić information content (AvgIpc) is 2.45. The van der Waals surface area contributed by atoms with E-state index in [1.54, 1.807) is 11.8 Å². The van der Waals surface area contributed by atoms with Crippen molar-refractivity contribution >= 4 is 6.09 Å². The van der Waals surface area contributed by atoms with E-state index < -0.39 is 11.3 Å². The summed E-state index contributed by atoms with van der Waals surface area (Å²) >= 11 is 0. The first-order chi connectivity index (χ1) is 11.9. The van der Waals surface area contributed by atoms with Crippen LogP contribution in [0, 0.1) is 0 Å². The van der Waals surface area contributed by atoms with Gasteiger partial charge in [-0.1, -0.05) is 0 Å². The van der Waals surface area contributed by atoms with E-state index in [2.05, 4.69) is 66.0 Å². The minimum atomic E-state index is -1.35. The van der Waals surface area contributed by atoms with Crippen LogP contribution in [-0.4, -0.2) is 55.6 Å². The Hall–Kier alpha value is -0.850. The third kappa shape index (κ3) is 3.60. The van der Waals surface area contributed by atoms with Crippen molar-refractivity contribution in [2.75, 3.05) is 0 Å². The summed E-state index contributed by atoms with van der Waals surface area (Å²) in [5, 5.41) is 19.1. The molecule has 0 aromatic rings. The Morgan fingerprint density at radius 1 is 0.852 bits per heavy atom. The first kappa shape index (κ1) is 20.9.